The highest BCUT2D eigenvalue weighted by molar-refractivity contribution is 4.56. The monoisotopic (exact) mass is 189 g/mol. The summed E-state index contributed by atoms with van der Waals surface area (Å²) in [7, 11) is 2.19. The summed E-state index contributed by atoms with van der Waals surface area (Å²) in [4.78, 5) is 2.38. The molecule has 1 heteroatoms. The van der Waals surface area contributed by atoms with Crippen LogP contribution in [0, 0.1) is 5.92 Å². The molecule has 1 atom stereocenters. The van der Waals surface area contributed by atoms with Crippen molar-refractivity contribution in [1.29, 1.82) is 0 Å². The van der Waals surface area contributed by atoms with E-state index in [0.29, 0.717) is 0 Å². The molecule has 0 radical (unpaired) electrons. The van der Waals surface area contributed by atoms with Gasteiger partial charge >= 0.3 is 0 Å². The zero-order chi connectivity index (χ0) is 9.98. The van der Waals surface area contributed by atoms with Gasteiger partial charge in [-0.2, -0.15) is 0 Å². The summed E-state index contributed by atoms with van der Waals surface area (Å²) in [6.45, 7) is 13.2. The van der Waals surface area contributed by atoms with Crippen LogP contribution < -0.4 is 0 Å². The lowest BCUT2D eigenvalue weighted by atomic mass is 10.1. The summed E-state index contributed by atoms with van der Waals surface area (Å²) >= 11 is 0. The summed E-state index contributed by atoms with van der Waals surface area (Å²) in [5.41, 5.74) is 0. The largest absolute Gasteiger partial charge is 0.306 e. The molecule has 13 heavy (non-hydrogen) atoms. The lowest BCUT2D eigenvalue weighted by Gasteiger charge is -2.18. The fourth-order valence-corrected chi connectivity index (χ4v) is 1.25. The highest BCUT2D eigenvalue weighted by atomic mass is 15.1. The highest BCUT2D eigenvalue weighted by Crippen LogP contribution is 2.05. The number of nitrogens with zero attached hydrogens (tertiary/aromatic N) is 1. The van der Waals surface area contributed by atoms with E-state index in [-0.39, 0.29) is 7.43 Å². The molecule has 0 N–H and O–H groups in total. The molecule has 0 rings (SSSR count). The molecular weight excluding hydrogens is 158 g/mol. The third-order valence-corrected chi connectivity index (χ3v) is 1.94. The molecule has 0 saturated heterocycles. The van der Waals surface area contributed by atoms with E-state index >= 15 is 0 Å². The van der Waals surface area contributed by atoms with Crippen molar-refractivity contribution in [3.63, 3.8) is 0 Å². The molecule has 0 heterocycles. The Hall–Kier alpha value is -0.0400. The molecule has 0 aromatic heterocycles. The van der Waals surface area contributed by atoms with Gasteiger partial charge in [0, 0.05) is 6.54 Å². The molecule has 0 aliphatic heterocycles. The first-order chi connectivity index (χ1) is 5.70. The predicted octanol–water partition coefficient (Wildman–Crippen LogP) is 4.04. The van der Waals surface area contributed by atoms with Crippen LogP contribution in [0.3, 0.4) is 0 Å². The lowest BCUT2D eigenvalue weighted by molar-refractivity contribution is 0.290. The second-order valence-electron chi connectivity index (χ2n) is 3.25. The fraction of sp³-hybridized carbons (Fsp3) is 1.00. The van der Waals surface area contributed by atoms with Crippen LogP contribution in [0.25, 0.3) is 0 Å². The van der Waals surface area contributed by atoms with E-state index in [1.165, 1.54) is 25.9 Å². The first-order valence-electron chi connectivity index (χ1n) is 5.39. The Bertz CT molecular complexity index is 71.5. The molecule has 1 nitrogen and oxygen atoms in total. The highest BCUT2D eigenvalue weighted by Gasteiger charge is 2.02. The van der Waals surface area contributed by atoms with Gasteiger partial charge in [0.05, 0.1) is 0 Å². The van der Waals surface area contributed by atoms with E-state index in [0.717, 1.165) is 5.92 Å². The Balaban J connectivity index is -0.000000309. The Labute approximate surface area is 86.5 Å². The quantitative estimate of drug-likeness (QED) is 0.631. The van der Waals surface area contributed by atoms with E-state index < -0.39 is 0 Å². The summed E-state index contributed by atoms with van der Waals surface area (Å²) in [6.07, 6.45) is 2.68. The van der Waals surface area contributed by atoms with Crippen LogP contribution in [0.1, 0.15) is 54.9 Å². The van der Waals surface area contributed by atoms with Crippen LogP contribution in [0.15, 0.2) is 0 Å². The second kappa shape index (κ2) is 14.5. The maximum absolute atomic E-state index is 2.38. The molecule has 0 fully saturated rings. The van der Waals surface area contributed by atoms with Crippen molar-refractivity contribution in [2.24, 2.45) is 5.92 Å². The number of rotatable bonds is 5. The van der Waals surface area contributed by atoms with Crippen molar-refractivity contribution in [1.82, 2.24) is 4.90 Å². The van der Waals surface area contributed by atoms with Crippen LogP contribution in [-0.4, -0.2) is 25.0 Å². The Kier molecular flexibility index (Phi) is 20.8. The van der Waals surface area contributed by atoms with E-state index in [4.69, 9.17) is 0 Å². The first-order valence-corrected chi connectivity index (χ1v) is 5.39. The van der Waals surface area contributed by atoms with Gasteiger partial charge in [-0.1, -0.05) is 48.5 Å². The smallest absolute Gasteiger partial charge is 0.000385 e. The maximum Gasteiger partial charge on any atom is 0.000385 e. The second-order valence-corrected chi connectivity index (χ2v) is 3.25. The minimum Gasteiger partial charge on any atom is -0.306 e. The Morgan fingerprint density at radius 2 is 1.62 bits per heavy atom. The van der Waals surface area contributed by atoms with Gasteiger partial charge in [-0.25, -0.2) is 0 Å². The van der Waals surface area contributed by atoms with Crippen LogP contribution in [-0.2, 0) is 0 Å². The average Bonchev–Trinajstić information content (AvgIpc) is 2.08. The normalized spacial score (nSPS) is 11.3. The molecule has 0 aliphatic carbocycles. The fourth-order valence-electron chi connectivity index (χ4n) is 1.25. The van der Waals surface area contributed by atoms with Gasteiger partial charge in [0.1, 0.15) is 0 Å². The van der Waals surface area contributed by atoms with Crippen LogP contribution in [0.5, 0.6) is 0 Å². The molecule has 84 valence electrons. The molecular formula is C12H31N. The Morgan fingerprint density at radius 3 is 1.92 bits per heavy atom. The zero-order valence-electron chi connectivity index (χ0n) is 9.85. The van der Waals surface area contributed by atoms with Crippen LogP contribution >= 0.6 is 0 Å². The van der Waals surface area contributed by atoms with E-state index in [1.54, 1.807) is 0 Å². The van der Waals surface area contributed by atoms with Gasteiger partial charge in [0.15, 0.2) is 0 Å². The van der Waals surface area contributed by atoms with Crippen molar-refractivity contribution in [3.05, 3.63) is 0 Å². The van der Waals surface area contributed by atoms with Gasteiger partial charge in [-0.3, -0.25) is 0 Å². The van der Waals surface area contributed by atoms with Gasteiger partial charge < -0.3 is 4.90 Å². The zero-order valence-corrected chi connectivity index (χ0v) is 9.85. The Morgan fingerprint density at radius 1 is 1.15 bits per heavy atom. The predicted molar refractivity (Wildman–Crippen MR) is 65.3 cm³/mol. The van der Waals surface area contributed by atoms with Gasteiger partial charge in [0.25, 0.3) is 0 Å². The number of hydrogen-bond acceptors (Lipinski definition) is 1. The maximum atomic E-state index is 2.38. The van der Waals surface area contributed by atoms with Crippen molar-refractivity contribution in [2.75, 3.05) is 20.1 Å². The van der Waals surface area contributed by atoms with Crippen molar-refractivity contribution >= 4 is 0 Å². The molecule has 0 spiro atoms. The van der Waals surface area contributed by atoms with E-state index in [1.807, 2.05) is 13.8 Å². The summed E-state index contributed by atoms with van der Waals surface area (Å²) in [5.74, 6) is 0.870. The van der Waals surface area contributed by atoms with E-state index in [2.05, 4.69) is 32.7 Å². The third kappa shape index (κ3) is 14.8. The summed E-state index contributed by atoms with van der Waals surface area (Å²) in [6, 6.07) is 0. The topological polar surface area (TPSA) is 3.24 Å². The molecule has 0 saturated carbocycles. The molecule has 0 aromatic rings. The SMILES string of the molecule is C.CC.CCCC(C)CN(C)CC. The third-order valence-electron chi connectivity index (χ3n) is 1.94. The van der Waals surface area contributed by atoms with Gasteiger partial charge in [0.2, 0.25) is 0 Å². The van der Waals surface area contributed by atoms with Gasteiger partial charge in [-0.15, -0.1) is 0 Å². The van der Waals surface area contributed by atoms with Crippen LogP contribution in [0.4, 0.5) is 0 Å². The molecule has 0 aromatic carbocycles. The van der Waals surface area contributed by atoms with Crippen molar-refractivity contribution < 1.29 is 0 Å². The van der Waals surface area contributed by atoms with Crippen molar-refractivity contribution in [3.8, 4) is 0 Å². The molecule has 0 bridgehead atoms. The minimum atomic E-state index is 0. The number of hydrogen-bond donors (Lipinski definition) is 0. The molecule has 1 unspecified atom stereocenters. The van der Waals surface area contributed by atoms with Crippen LogP contribution in [0.2, 0.25) is 0 Å². The first kappa shape index (κ1) is 18.7. The molecule has 0 amide bonds. The van der Waals surface area contributed by atoms with E-state index in [9.17, 15) is 0 Å². The standard InChI is InChI=1S/C9H21N.C2H6.CH4/c1-5-7-9(3)8-10(4)6-2;1-2;/h9H,5-8H2,1-4H3;1-2H3;1H4. The minimum absolute atomic E-state index is 0. The lowest BCUT2D eigenvalue weighted by Crippen LogP contribution is -2.23. The van der Waals surface area contributed by atoms with Crippen molar-refractivity contribution in [2.45, 2.75) is 54.9 Å². The molecule has 0 aliphatic rings. The van der Waals surface area contributed by atoms with Gasteiger partial charge in [-0.05, 0) is 25.9 Å². The average molecular weight is 189 g/mol. The summed E-state index contributed by atoms with van der Waals surface area (Å²) in [5, 5.41) is 0. The summed E-state index contributed by atoms with van der Waals surface area (Å²) < 4.78 is 0.